The molecule has 0 aliphatic carbocycles. The molecule has 2 aliphatic heterocycles. The van der Waals surface area contributed by atoms with Crippen molar-refractivity contribution in [2.75, 3.05) is 23.8 Å². The first-order valence-electron chi connectivity index (χ1n) is 21.7. The molecule has 18 heteroatoms. The van der Waals surface area contributed by atoms with Crippen LogP contribution < -0.4 is 16.4 Å². The zero-order valence-electron chi connectivity index (χ0n) is 37.7. The topological polar surface area (TPSA) is 210 Å². The lowest BCUT2D eigenvalue weighted by molar-refractivity contribution is 0.0701. The second-order valence-electron chi connectivity index (χ2n) is 16.0. The van der Waals surface area contributed by atoms with E-state index in [2.05, 4.69) is 78.9 Å². The van der Waals surface area contributed by atoms with Crippen molar-refractivity contribution in [3.63, 3.8) is 0 Å². The molecule has 8 heterocycles. The Bertz CT molecular complexity index is 2960. The number of aromatic nitrogens is 8. The van der Waals surface area contributed by atoms with Crippen molar-refractivity contribution in [3.8, 4) is 22.5 Å². The van der Waals surface area contributed by atoms with E-state index in [0.29, 0.717) is 49.6 Å². The third kappa shape index (κ3) is 12.1. The van der Waals surface area contributed by atoms with E-state index in [1.165, 1.54) is 37.8 Å². The lowest BCUT2D eigenvalue weighted by Crippen LogP contribution is -2.05. The van der Waals surface area contributed by atoms with E-state index in [9.17, 15) is 9.59 Å². The largest absolute Gasteiger partial charge is 0.477 e. The Kier molecular flexibility index (Phi) is 15.0. The number of carbonyl (C=O) groups is 2. The summed E-state index contributed by atoms with van der Waals surface area (Å²) in [6.07, 6.45) is 13.7. The molecule has 2 aliphatic rings. The minimum Gasteiger partial charge on any atom is -0.477 e. The van der Waals surface area contributed by atoms with Crippen molar-refractivity contribution in [1.29, 1.82) is 0 Å². The Labute approximate surface area is 395 Å². The maximum absolute atomic E-state index is 12.8. The van der Waals surface area contributed by atoms with Crippen LogP contribution in [0.25, 0.3) is 22.5 Å². The molecule has 0 atom stereocenters. The number of nitrogens with two attached hydrogens (primary N) is 1. The van der Waals surface area contributed by atoms with Crippen molar-refractivity contribution in [1.82, 2.24) is 39.5 Å². The van der Waals surface area contributed by atoms with Crippen LogP contribution in [0.3, 0.4) is 0 Å². The van der Waals surface area contributed by atoms with Gasteiger partial charge in [0.1, 0.15) is 4.88 Å². The van der Waals surface area contributed by atoms with E-state index >= 15 is 0 Å². The second kappa shape index (κ2) is 21.6. The summed E-state index contributed by atoms with van der Waals surface area (Å²) in [7, 11) is 3.73. The number of ketones is 1. The second-order valence-corrected chi connectivity index (χ2v) is 18.3. The molecular formula is C49H51N11O5S2. The first-order valence-corrected chi connectivity index (χ1v) is 23.3. The summed E-state index contributed by atoms with van der Waals surface area (Å²) < 4.78 is 14.1. The highest BCUT2D eigenvalue weighted by Gasteiger charge is 2.19. The third-order valence-electron chi connectivity index (χ3n) is 11.1. The first-order chi connectivity index (χ1) is 32.5. The van der Waals surface area contributed by atoms with Gasteiger partial charge in [0.25, 0.3) is 0 Å². The van der Waals surface area contributed by atoms with Gasteiger partial charge in [0.2, 0.25) is 11.9 Å². The fraction of sp³-hybridized carbons (Fsp3) is 0.265. The van der Waals surface area contributed by atoms with Gasteiger partial charge in [0.05, 0.1) is 66.5 Å². The molecule has 2 aromatic carbocycles. The summed E-state index contributed by atoms with van der Waals surface area (Å²) in [5.74, 6) is 0.442. The highest BCUT2D eigenvalue weighted by molar-refractivity contribution is 7.14. The number of ether oxygens (including phenoxy) is 2. The van der Waals surface area contributed by atoms with Crippen LogP contribution in [0.2, 0.25) is 0 Å². The highest BCUT2D eigenvalue weighted by atomic mass is 32.1. The van der Waals surface area contributed by atoms with Gasteiger partial charge < -0.3 is 30.9 Å². The molecule has 8 aromatic rings. The van der Waals surface area contributed by atoms with Gasteiger partial charge in [-0.2, -0.15) is 10.2 Å². The molecule has 0 unspecified atom stereocenters. The van der Waals surface area contributed by atoms with Crippen molar-refractivity contribution >= 4 is 57.7 Å². The number of anilines is 4. The van der Waals surface area contributed by atoms with Crippen LogP contribution in [0.4, 0.5) is 23.3 Å². The van der Waals surface area contributed by atoms with E-state index in [4.69, 9.17) is 20.3 Å². The number of thiophene rings is 2. The molecule has 0 bridgehead atoms. The standard InChI is InChI=1S/C25H25N5O2S.C16H18N6.C8H8O3S/c1-16-11-18(21-7-9-26-25(29-21)28-20-13-27-30(2)14-20)4-3-17(16)5-6-22(31)24-12-19-15-32-10-8-23(19)33-24;1-11-7-12(3-4-13(11)8-17)15-5-6-18-16(21-15)20-14-9-19-22(2)10-14;9-8(10)7-3-5-4-11-2-1-6(5)12-7/h3-4,7,9,11-14H,5-6,8,10,15H2,1-2H3,(H,26,28,29);3-7,9-10H,8,17H2,1-2H3,(H,18,20,21);3H,1-2,4H2,(H,9,10). The monoisotopic (exact) mass is 937 g/mol. The average Bonchev–Trinajstić information content (AvgIpc) is 4.16. The third-order valence-corrected chi connectivity index (χ3v) is 13.6. The quantitative estimate of drug-likeness (QED) is 0.0844. The Hall–Kier alpha value is -6.96. The van der Waals surface area contributed by atoms with E-state index in [0.717, 1.165) is 81.3 Å². The average molecular weight is 938 g/mol. The molecular weight excluding hydrogens is 887 g/mol. The van der Waals surface area contributed by atoms with Gasteiger partial charge in [0, 0.05) is 85.6 Å². The number of Topliss-reactive ketones (excluding diaryl/α,β-unsaturated/α-hetero) is 1. The Morgan fingerprint density at radius 1 is 0.716 bits per heavy atom. The van der Waals surface area contributed by atoms with Gasteiger partial charge in [-0.3, -0.25) is 14.2 Å². The van der Waals surface area contributed by atoms with Crippen LogP contribution in [0.1, 0.15) is 68.9 Å². The van der Waals surface area contributed by atoms with E-state index < -0.39 is 5.97 Å². The lowest BCUT2D eigenvalue weighted by atomic mass is 9.98. The van der Waals surface area contributed by atoms with Crippen LogP contribution in [0.15, 0.2) is 97.8 Å². The van der Waals surface area contributed by atoms with Crippen LogP contribution in [-0.4, -0.2) is 69.6 Å². The molecule has 5 N–H and O–H groups in total. The van der Waals surface area contributed by atoms with Crippen LogP contribution in [0, 0.1) is 13.8 Å². The van der Waals surface area contributed by atoms with Crippen molar-refractivity contribution in [2.24, 2.45) is 19.8 Å². The smallest absolute Gasteiger partial charge is 0.345 e. The molecule has 67 heavy (non-hydrogen) atoms. The van der Waals surface area contributed by atoms with Gasteiger partial charge >= 0.3 is 5.97 Å². The van der Waals surface area contributed by atoms with Gasteiger partial charge in [-0.15, -0.1) is 22.7 Å². The summed E-state index contributed by atoms with van der Waals surface area (Å²) >= 11 is 2.99. The van der Waals surface area contributed by atoms with E-state index in [-0.39, 0.29) is 5.78 Å². The summed E-state index contributed by atoms with van der Waals surface area (Å²) in [4.78, 5) is 44.8. The molecule has 6 aromatic heterocycles. The molecule has 0 saturated carbocycles. The number of nitrogens with one attached hydrogen (secondary N) is 2. The molecule has 16 nitrogen and oxygen atoms in total. The number of hydrogen-bond donors (Lipinski definition) is 4. The lowest BCUT2D eigenvalue weighted by Gasteiger charge is -2.10. The summed E-state index contributed by atoms with van der Waals surface area (Å²) in [6.45, 7) is 7.35. The molecule has 0 amide bonds. The zero-order valence-corrected chi connectivity index (χ0v) is 39.3. The SMILES string of the molecule is Cc1cc(-c2ccnc(Nc3cnn(C)c3)n2)ccc1CCC(=O)c1cc2c(s1)CCOC2.Cc1cc(-c2ccnc(Nc3cnn(C)c3)n2)ccc1CN.O=C(O)c1cc2c(s1)CCOC2. The fourth-order valence-electron chi connectivity index (χ4n) is 7.52. The van der Waals surface area contributed by atoms with Crippen molar-refractivity contribution in [3.05, 3.63) is 151 Å². The molecule has 10 rings (SSSR count). The number of carbonyl (C=O) groups excluding carboxylic acids is 1. The molecule has 344 valence electrons. The van der Waals surface area contributed by atoms with Gasteiger partial charge in [0.15, 0.2) is 5.78 Å². The number of benzene rings is 2. The predicted octanol–water partition coefficient (Wildman–Crippen LogP) is 8.79. The first kappa shape index (κ1) is 46.6. The summed E-state index contributed by atoms with van der Waals surface area (Å²) in [6, 6.07) is 20.0. The predicted molar refractivity (Wildman–Crippen MR) is 260 cm³/mol. The zero-order chi connectivity index (χ0) is 46.9. The normalized spacial score (nSPS) is 12.7. The van der Waals surface area contributed by atoms with Crippen LogP contribution >= 0.6 is 22.7 Å². The van der Waals surface area contributed by atoms with Crippen molar-refractivity contribution < 1.29 is 24.2 Å². The summed E-state index contributed by atoms with van der Waals surface area (Å²) in [5.41, 5.74) is 18.0. The highest BCUT2D eigenvalue weighted by Crippen LogP contribution is 2.30. The fourth-order valence-corrected chi connectivity index (χ4v) is 9.62. The van der Waals surface area contributed by atoms with Gasteiger partial charge in [-0.1, -0.05) is 24.3 Å². The Morgan fingerprint density at radius 2 is 1.22 bits per heavy atom. The molecule has 0 fully saturated rings. The van der Waals surface area contributed by atoms with Gasteiger partial charge in [-0.25, -0.2) is 24.7 Å². The molecule has 0 saturated heterocycles. The minimum absolute atomic E-state index is 0.208. The number of nitrogens with zero attached hydrogens (tertiary/aromatic N) is 8. The van der Waals surface area contributed by atoms with Crippen LogP contribution in [0.5, 0.6) is 0 Å². The number of fused-ring (bicyclic) bond motifs is 2. The maximum Gasteiger partial charge on any atom is 0.345 e. The summed E-state index contributed by atoms with van der Waals surface area (Å²) in [5, 5.41) is 23.3. The molecule has 0 radical (unpaired) electrons. The number of aryl methyl sites for hydroxylation is 5. The Balaban J connectivity index is 0.000000153. The maximum atomic E-state index is 12.8. The number of carboxylic acids is 1. The Morgan fingerprint density at radius 3 is 1.69 bits per heavy atom. The van der Waals surface area contributed by atoms with Crippen molar-refractivity contribution in [2.45, 2.75) is 59.3 Å². The number of aromatic carboxylic acids is 1. The van der Waals surface area contributed by atoms with Gasteiger partial charge in [-0.05, 0) is 90.0 Å². The van der Waals surface area contributed by atoms with E-state index in [1.807, 2.05) is 56.8 Å². The number of hydrogen-bond acceptors (Lipinski definition) is 15. The van der Waals surface area contributed by atoms with Crippen LogP contribution in [-0.2, 0) is 62.6 Å². The van der Waals surface area contributed by atoms with E-state index in [1.54, 1.807) is 51.6 Å². The number of carboxylic acid groups (broad SMARTS) is 1. The number of rotatable bonds is 12. The minimum atomic E-state index is -0.839. The molecule has 0 spiro atoms.